The van der Waals surface area contributed by atoms with Gasteiger partial charge in [0.2, 0.25) is 11.9 Å². The highest BCUT2D eigenvalue weighted by Crippen LogP contribution is 2.31. The third-order valence-electron chi connectivity index (χ3n) is 6.56. The zero-order chi connectivity index (χ0) is 26.1. The van der Waals surface area contributed by atoms with Gasteiger partial charge in [-0.2, -0.15) is 0 Å². The first-order valence-electron chi connectivity index (χ1n) is 12.0. The number of carbonyl (C=O) groups excluding carboxylic acids is 2. The van der Waals surface area contributed by atoms with Crippen LogP contribution in [0.1, 0.15) is 40.1 Å². The maximum Gasteiger partial charge on any atom is 0.256 e. The Kier molecular flexibility index (Phi) is 7.05. The van der Waals surface area contributed by atoms with Crippen LogP contribution in [-0.4, -0.2) is 68.7 Å². The van der Waals surface area contributed by atoms with E-state index in [2.05, 4.69) is 25.6 Å². The van der Waals surface area contributed by atoms with E-state index in [-0.39, 0.29) is 31.0 Å². The summed E-state index contributed by atoms with van der Waals surface area (Å²) in [7, 11) is 0. The van der Waals surface area contributed by atoms with Crippen LogP contribution in [0.2, 0.25) is 5.02 Å². The molecular weight excluding hydrogens is 496 g/mol. The summed E-state index contributed by atoms with van der Waals surface area (Å²) in [6.07, 6.45) is 3.12. The van der Waals surface area contributed by atoms with Crippen LogP contribution in [0.3, 0.4) is 0 Å². The average molecular weight is 523 g/mol. The van der Waals surface area contributed by atoms with E-state index in [1.807, 2.05) is 31.2 Å². The molecule has 0 aliphatic carbocycles. The lowest BCUT2D eigenvalue weighted by Crippen LogP contribution is -2.46. The van der Waals surface area contributed by atoms with Crippen LogP contribution in [0.5, 0.6) is 0 Å². The molecule has 0 spiro atoms. The van der Waals surface area contributed by atoms with E-state index >= 15 is 0 Å². The minimum Gasteiger partial charge on any atom is -0.394 e. The van der Waals surface area contributed by atoms with Crippen molar-refractivity contribution in [3.63, 3.8) is 0 Å². The molecule has 1 aromatic carbocycles. The summed E-state index contributed by atoms with van der Waals surface area (Å²) in [5.74, 6) is -0.256. The number of rotatable bonds is 8. The summed E-state index contributed by atoms with van der Waals surface area (Å²) < 4.78 is 5.17. The Labute approximate surface area is 219 Å². The first-order chi connectivity index (χ1) is 17.8. The number of amides is 2. The Morgan fingerprint density at radius 1 is 1.27 bits per heavy atom. The van der Waals surface area contributed by atoms with Gasteiger partial charge in [0, 0.05) is 11.8 Å². The van der Waals surface area contributed by atoms with E-state index in [4.69, 9.17) is 16.3 Å². The average Bonchev–Trinajstić information content (AvgIpc) is 3.20. The van der Waals surface area contributed by atoms with Gasteiger partial charge in [-0.1, -0.05) is 41.4 Å². The Morgan fingerprint density at radius 3 is 2.78 bits per heavy atom. The molecule has 0 bridgehead atoms. The zero-order valence-electron chi connectivity index (χ0n) is 20.4. The first-order valence-corrected chi connectivity index (χ1v) is 12.4. The number of ether oxygens (including phenoxy) is 1. The van der Waals surface area contributed by atoms with Crippen LogP contribution < -0.4 is 10.6 Å². The molecule has 1 saturated heterocycles. The van der Waals surface area contributed by atoms with Gasteiger partial charge in [-0.15, -0.1) is 0 Å². The van der Waals surface area contributed by atoms with Crippen molar-refractivity contribution in [2.24, 2.45) is 0 Å². The van der Waals surface area contributed by atoms with Crippen LogP contribution in [0.4, 0.5) is 5.95 Å². The number of nitrogens with zero attached hydrogens (tertiary/aromatic N) is 4. The summed E-state index contributed by atoms with van der Waals surface area (Å²) in [4.78, 5) is 41.0. The van der Waals surface area contributed by atoms with Crippen molar-refractivity contribution < 1.29 is 19.4 Å². The van der Waals surface area contributed by atoms with Crippen LogP contribution >= 0.6 is 11.6 Å². The predicted octanol–water partition coefficient (Wildman–Crippen LogP) is 2.51. The molecule has 2 amide bonds. The lowest BCUT2D eigenvalue weighted by atomic mass is 10.0. The highest BCUT2D eigenvalue weighted by atomic mass is 35.5. The molecule has 2 aromatic heterocycles. The van der Waals surface area contributed by atoms with E-state index in [0.717, 1.165) is 11.1 Å². The number of hydrogen-bond acceptors (Lipinski definition) is 8. The number of fused-ring (bicyclic) bond motifs is 1. The Morgan fingerprint density at radius 2 is 2.08 bits per heavy atom. The lowest BCUT2D eigenvalue weighted by Gasteiger charge is -2.26. The van der Waals surface area contributed by atoms with Gasteiger partial charge in [-0.25, -0.2) is 9.97 Å². The number of hydrogen-bond donors (Lipinski definition) is 3. The van der Waals surface area contributed by atoms with Gasteiger partial charge < -0.3 is 25.4 Å². The molecule has 2 atom stereocenters. The molecule has 10 nitrogen and oxygen atoms in total. The summed E-state index contributed by atoms with van der Waals surface area (Å²) in [5, 5.41) is 16.2. The Bertz CT molecular complexity index is 1350. The quantitative estimate of drug-likeness (QED) is 0.411. The molecule has 4 heterocycles. The van der Waals surface area contributed by atoms with Gasteiger partial charge >= 0.3 is 0 Å². The predicted molar refractivity (Wildman–Crippen MR) is 137 cm³/mol. The van der Waals surface area contributed by atoms with Crippen molar-refractivity contribution in [3.05, 3.63) is 70.1 Å². The Balaban J connectivity index is 1.32. The third kappa shape index (κ3) is 5.13. The minimum absolute atomic E-state index is 0.145. The van der Waals surface area contributed by atoms with Gasteiger partial charge in [0.15, 0.2) is 0 Å². The largest absolute Gasteiger partial charge is 0.394 e. The molecule has 192 valence electrons. The van der Waals surface area contributed by atoms with E-state index in [9.17, 15) is 14.7 Å². The minimum atomic E-state index is -0.771. The molecule has 2 aliphatic heterocycles. The van der Waals surface area contributed by atoms with Crippen molar-refractivity contribution in [2.75, 3.05) is 25.1 Å². The highest BCUT2D eigenvalue weighted by molar-refractivity contribution is 6.33. The van der Waals surface area contributed by atoms with Crippen LogP contribution in [-0.2, 0) is 16.1 Å². The third-order valence-corrected chi connectivity index (χ3v) is 6.84. The van der Waals surface area contributed by atoms with E-state index in [1.165, 1.54) is 11.1 Å². The van der Waals surface area contributed by atoms with Crippen LogP contribution in [0, 0.1) is 6.92 Å². The van der Waals surface area contributed by atoms with Crippen molar-refractivity contribution in [1.82, 2.24) is 25.2 Å². The van der Waals surface area contributed by atoms with Gasteiger partial charge in [0.05, 0.1) is 66.6 Å². The number of aryl methyl sites for hydroxylation is 1. The standard InChI is InChI=1S/C26H27ClN6O4/c1-14-4-3-5-16(6-14)22(11-34)31-24(35)15(2)33-10-21-19(25(33)36)7-17(8-28-21)23-20(27)9-29-26(32-23)30-18-12-37-13-18/h3-9,15,18,22,34H,10-13H2,1-2H3,(H,31,35)(H,29,30,32)/t15-,22-/m1/s1. The Hall–Kier alpha value is -3.60. The number of anilines is 1. The molecule has 3 N–H and O–H groups in total. The fraction of sp³-hybridized carbons (Fsp3) is 0.346. The fourth-order valence-electron chi connectivity index (χ4n) is 4.33. The van der Waals surface area contributed by atoms with Gasteiger partial charge in [0.25, 0.3) is 5.91 Å². The van der Waals surface area contributed by atoms with Crippen molar-refractivity contribution in [1.29, 1.82) is 0 Å². The number of benzene rings is 1. The maximum atomic E-state index is 13.3. The van der Waals surface area contributed by atoms with Crippen molar-refractivity contribution >= 4 is 29.4 Å². The summed E-state index contributed by atoms with van der Waals surface area (Å²) in [6, 6.07) is 8.07. The molecule has 1 fully saturated rings. The number of aliphatic hydroxyl groups excluding tert-OH is 1. The topological polar surface area (TPSA) is 130 Å². The molecule has 2 aliphatic rings. The highest BCUT2D eigenvalue weighted by Gasteiger charge is 2.36. The van der Waals surface area contributed by atoms with Crippen molar-refractivity contribution in [3.8, 4) is 11.3 Å². The number of pyridine rings is 1. The molecule has 3 aromatic rings. The van der Waals surface area contributed by atoms with Gasteiger partial charge in [0.1, 0.15) is 6.04 Å². The molecular formula is C26H27ClN6O4. The van der Waals surface area contributed by atoms with E-state index in [1.54, 1.807) is 19.2 Å². The normalized spacial score (nSPS) is 16.6. The second-order valence-electron chi connectivity index (χ2n) is 9.25. The maximum absolute atomic E-state index is 13.3. The van der Waals surface area contributed by atoms with Gasteiger partial charge in [-0.05, 0) is 25.5 Å². The first kappa shape index (κ1) is 25.1. The van der Waals surface area contributed by atoms with E-state index < -0.39 is 12.1 Å². The zero-order valence-corrected chi connectivity index (χ0v) is 21.2. The number of halogens is 1. The molecule has 0 unspecified atom stereocenters. The number of aromatic nitrogens is 3. The van der Waals surface area contributed by atoms with Crippen LogP contribution in [0.15, 0.2) is 42.7 Å². The number of nitrogens with one attached hydrogen (secondary N) is 2. The monoisotopic (exact) mass is 522 g/mol. The molecule has 5 rings (SSSR count). The van der Waals surface area contributed by atoms with Crippen molar-refractivity contribution in [2.45, 2.75) is 38.5 Å². The number of carbonyl (C=O) groups is 2. The SMILES string of the molecule is Cc1cccc([C@@H](CO)NC(=O)[C@@H](C)N2Cc3ncc(-c4nc(NC5COC5)ncc4Cl)cc3C2=O)c1. The van der Waals surface area contributed by atoms with Gasteiger partial charge in [-0.3, -0.25) is 14.6 Å². The lowest BCUT2D eigenvalue weighted by molar-refractivity contribution is -0.126. The van der Waals surface area contributed by atoms with E-state index in [0.29, 0.717) is 46.7 Å². The second kappa shape index (κ2) is 10.4. The summed E-state index contributed by atoms with van der Waals surface area (Å²) in [5.41, 5.74) is 3.81. The molecule has 0 saturated carbocycles. The molecule has 0 radical (unpaired) electrons. The molecule has 11 heteroatoms. The summed E-state index contributed by atoms with van der Waals surface area (Å²) in [6.45, 7) is 4.71. The fourth-order valence-corrected chi connectivity index (χ4v) is 4.53. The van der Waals surface area contributed by atoms with Crippen LogP contribution in [0.25, 0.3) is 11.3 Å². The number of aliphatic hydroxyl groups is 1. The smallest absolute Gasteiger partial charge is 0.256 e. The second-order valence-corrected chi connectivity index (χ2v) is 9.66. The molecule has 37 heavy (non-hydrogen) atoms. The summed E-state index contributed by atoms with van der Waals surface area (Å²) >= 11 is 6.37.